The Morgan fingerprint density at radius 2 is 2.03 bits per heavy atom. The van der Waals surface area contributed by atoms with Gasteiger partial charge in [-0.05, 0) is 35.4 Å². The molecule has 1 aliphatic heterocycles. The van der Waals surface area contributed by atoms with Crippen molar-refractivity contribution in [2.24, 2.45) is 16.3 Å². The van der Waals surface area contributed by atoms with E-state index in [0.717, 1.165) is 38.6 Å². The zero-order valence-electron chi connectivity index (χ0n) is 18.6. The molecule has 6 nitrogen and oxygen atoms in total. The summed E-state index contributed by atoms with van der Waals surface area (Å²) in [6, 6.07) is 10.5. The molecule has 1 aliphatic rings. The maximum Gasteiger partial charge on any atom is 0.191 e. The van der Waals surface area contributed by atoms with Crippen LogP contribution in [0.4, 0.5) is 0 Å². The van der Waals surface area contributed by atoms with Gasteiger partial charge in [-0.3, -0.25) is 9.67 Å². The van der Waals surface area contributed by atoms with Gasteiger partial charge in [-0.15, -0.1) is 24.0 Å². The fourth-order valence-electron chi connectivity index (χ4n) is 4.06. The maximum atomic E-state index is 6.10. The number of rotatable bonds is 6. The number of hydrogen-bond donors (Lipinski definition) is 2. The van der Waals surface area contributed by atoms with E-state index in [0.29, 0.717) is 5.92 Å². The highest BCUT2D eigenvalue weighted by atomic mass is 127. The quantitative estimate of drug-likeness (QED) is 0.340. The second kappa shape index (κ2) is 11.7. The normalized spacial score (nSPS) is 19.8. The molecule has 0 amide bonds. The van der Waals surface area contributed by atoms with Gasteiger partial charge in [-0.2, -0.15) is 5.10 Å². The third-order valence-corrected chi connectivity index (χ3v) is 5.41. The molecule has 0 radical (unpaired) electrons. The summed E-state index contributed by atoms with van der Waals surface area (Å²) in [5.41, 5.74) is 2.62. The Kier molecular flexibility index (Phi) is 9.61. The number of guanidine groups is 1. The molecule has 1 fully saturated rings. The fourth-order valence-corrected chi connectivity index (χ4v) is 4.06. The molecule has 1 aromatic heterocycles. The molecule has 1 aromatic carbocycles. The molecule has 166 valence electrons. The molecule has 0 saturated carbocycles. The Morgan fingerprint density at radius 1 is 1.23 bits per heavy atom. The van der Waals surface area contributed by atoms with E-state index in [1.54, 1.807) is 0 Å². The largest absolute Gasteiger partial charge is 0.377 e. The van der Waals surface area contributed by atoms with Crippen LogP contribution in [0.3, 0.4) is 0 Å². The predicted octanol–water partition coefficient (Wildman–Crippen LogP) is 4.06. The predicted molar refractivity (Wildman–Crippen MR) is 133 cm³/mol. The van der Waals surface area contributed by atoms with Crippen LogP contribution in [0.25, 0.3) is 0 Å². The van der Waals surface area contributed by atoms with Crippen molar-refractivity contribution in [3.8, 4) is 0 Å². The van der Waals surface area contributed by atoms with Gasteiger partial charge in [-0.1, -0.05) is 45.0 Å². The minimum Gasteiger partial charge on any atom is -0.377 e. The molecule has 2 atom stereocenters. The lowest BCUT2D eigenvalue weighted by Gasteiger charge is -2.40. The summed E-state index contributed by atoms with van der Waals surface area (Å²) in [6.07, 6.45) is 6.40. The third-order valence-electron chi connectivity index (χ3n) is 5.41. The first-order valence-corrected chi connectivity index (χ1v) is 10.6. The number of aliphatic imine (C=N–C) groups is 1. The number of benzene rings is 1. The highest BCUT2D eigenvalue weighted by Crippen LogP contribution is 2.33. The van der Waals surface area contributed by atoms with Gasteiger partial charge in [0.1, 0.15) is 0 Å². The van der Waals surface area contributed by atoms with Crippen LogP contribution in [-0.4, -0.2) is 42.0 Å². The molecule has 2 aromatic rings. The first-order chi connectivity index (χ1) is 14.0. The average Bonchev–Trinajstić information content (AvgIpc) is 3.21. The van der Waals surface area contributed by atoms with Crippen LogP contribution in [0.15, 0.2) is 47.7 Å². The van der Waals surface area contributed by atoms with E-state index in [1.807, 2.05) is 30.2 Å². The van der Waals surface area contributed by atoms with Crippen LogP contribution in [0.2, 0.25) is 0 Å². The van der Waals surface area contributed by atoms with Crippen molar-refractivity contribution in [3.05, 3.63) is 53.9 Å². The van der Waals surface area contributed by atoms with E-state index in [9.17, 15) is 0 Å². The molecule has 3 rings (SSSR count). The van der Waals surface area contributed by atoms with Gasteiger partial charge in [0.15, 0.2) is 5.96 Å². The Labute approximate surface area is 197 Å². The number of nitrogens with zero attached hydrogens (tertiary/aromatic N) is 3. The molecule has 2 unspecified atom stereocenters. The van der Waals surface area contributed by atoms with E-state index >= 15 is 0 Å². The summed E-state index contributed by atoms with van der Waals surface area (Å²) in [5, 5.41) is 11.2. The first-order valence-electron chi connectivity index (χ1n) is 10.6. The minimum atomic E-state index is 0. The van der Waals surface area contributed by atoms with Crippen molar-refractivity contribution >= 4 is 29.9 Å². The SMILES string of the molecule is CN=C(NCc1cccc(Cn2cccn2)c1)NCC1CCCOC1C(C)(C)C.I. The van der Waals surface area contributed by atoms with Crippen LogP contribution >= 0.6 is 24.0 Å². The lowest BCUT2D eigenvalue weighted by molar-refractivity contribution is -0.0835. The smallest absolute Gasteiger partial charge is 0.191 e. The first kappa shape index (κ1) is 24.7. The summed E-state index contributed by atoms with van der Waals surface area (Å²) in [6.45, 7) is 10.1. The Morgan fingerprint density at radius 3 is 2.73 bits per heavy atom. The van der Waals surface area contributed by atoms with Crippen LogP contribution < -0.4 is 10.6 Å². The number of ether oxygens (including phenoxy) is 1. The van der Waals surface area contributed by atoms with Gasteiger partial charge in [-0.25, -0.2) is 0 Å². The van der Waals surface area contributed by atoms with Gasteiger partial charge in [0.25, 0.3) is 0 Å². The van der Waals surface area contributed by atoms with Gasteiger partial charge in [0, 0.05) is 45.1 Å². The summed E-state index contributed by atoms with van der Waals surface area (Å²) in [7, 11) is 1.82. The van der Waals surface area contributed by atoms with Crippen LogP contribution in [0.5, 0.6) is 0 Å². The topological polar surface area (TPSA) is 63.5 Å². The molecule has 0 spiro atoms. The van der Waals surface area contributed by atoms with E-state index in [-0.39, 0.29) is 35.5 Å². The lowest BCUT2D eigenvalue weighted by Crippen LogP contribution is -2.47. The Bertz CT molecular complexity index is 785. The van der Waals surface area contributed by atoms with Gasteiger partial charge in [0.05, 0.1) is 12.6 Å². The molecule has 0 aliphatic carbocycles. The molecule has 2 heterocycles. The average molecular weight is 525 g/mol. The lowest BCUT2D eigenvalue weighted by atomic mass is 9.78. The molecular formula is C23H36IN5O. The molecule has 0 bridgehead atoms. The zero-order valence-corrected chi connectivity index (χ0v) is 20.9. The summed E-state index contributed by atoms with van der Waals surface area (Å²) in [4.78, 5) is 4.40. The van der Waals surface area contributed by atoms with E-state index in [4.69, 9.17) is 4.74 Å². The van der Waals surface area contributed by atoms with Crippen LogP contribution in [0.1, 0.15) is 44.7 Å². The second-order valence-corrected chi connectivity index (χ2v) is 8.89. The van der Waals surface area contributed by atoms with Gasteiger partial charge < -0.3 is 15.4 Å². The molecule has 2 N–H and O–H groups in total. The van der Waals surface area contributed by atoms with Crippen molar-refractivity contribution in [2.75, 3.05) is 20.2 Å². The van der Waals surface area contributed by atoms with Crippen molar-refractivity contribution in [1.82, 2.24) is 20.4 Å². The molecule has 7 heteroatoms. The Balaban J connectivity index is 0.00000320. The van der Waals surface area contributed by atoms with Crippen molar-refractivity contribution in [1.29, 1.82) is 0 Å². The van der Waals surface area contributed by atoms with Gasteiger partial charge >= 0.3 is 0 Å². The zero-order chi connectivity index (χ0) is 20.7. The monoisotopic (exact) mass is 525 g/mol. The van der Waals surface area contributed by atoms with Gasteiger partial charge in [0.2, 0.25) is 0 Å². The summed E-state index contributed by atoms with van der Waals surface area (Å²) < 4.78 is 8.03. The molecule has 30 heavy (non-hydrogen) atoms. The Hall–Kier alpha value is -1.61. The molecule has 1 saturated heterocycles. The number of nitrogens with one attached hydrogen (secondary N) is 2. The van der Waals surface area contributed by atoms with E-state index in [2.05, 4.69) is 65.8 Å². The van der Waals surface area contributed by atoms with Crippen LogP contribution in [0, 0.1) is 11.3 Å². The molecular weight excluding hydrogens is 489 g/mol. The summed E-state index contributed by atoms with van der Waals surface area (Å²) >= 11 is 0. The number of hydrogen-bond acceptors (Lipinski definition) is 3. The van der Waals surface area contributed by atoms with Crippen molar-refractivity contribution in [2.45, 2.75) is 52.8 Å². The van der Waals surface area contributed by atoms with E-state index < -0.39 is 0 Å². The second-order valence-electron chi connectivity index (χ2n) is 8.89. The standard InChI is InChI=1S/C23H35N5O.HI/c1-23(2,3)21-20(10-6-13-29-21)16-26-22(24-4)25-15-18-8-5-9-19(14-18)17-28-12-7-11-27-28;/h5,7-9,11-12,14,20-21H,6,10,13,15-17H2,1-4H3,(H2,24,25,26);1H. The maximum absolute atomic E-state index is 6.10. The number of halogens is 1. The highest BCUT2D eigenvalue weighted by molar-refractivity contribution is 14.0. The summed E-state index contributed by atoms with van der Waals surface area (Å²) in [5.74, 6) is 1.33. The van der Waals surface area contributed by atoms with Crippen molar-refractivity contribution < 1.29 is 4.74 Å². The van der Waals surface area contributed by atoms with E-state index in [1.165, 1.54) is 17.5 Å². The van der Waals surface area contributed by atoms with Crippen LogP contribution in [-0.2, 0) is 17.8 Å². The number of aromatic nitrogens is 2. The third kappa shape index (κ3) is 7.27. The minimum absolute atomic E-state index is 0. The highest BCUT2D eigenvalue weighted by Gasteiger charge is 2.35. The van der Waals surface area contributed by atoms with Crippen molar-refractivity contribution in [3.63, 3.8) is 0 Å². The fraction of sp³-hybridized carbons (Fsp3) is 0.565.